The molecule has 0 aromatic heterocycles. The first-order valence-corrected chi connectivity index (χ1v) is 12.8. The molecule has 8 heteroatoms. The molecule has 0 radical (unpaired) electrons. The van der Waals surface area contributed by atoms with Crippen molar-refractivity contribution in [3.63, 3.8) is 0 Å². The zero-order chi connectivity index (χ0) is 24.0. The predicted octanol–water partition coefficient (Wildman–Crippen LogP) is 4.02. The molecular formula is C26H30N2O5S. The Morgan fingerprint density at radius 2 is 1.59 bits per heavy atom. The number of alkyl carbamates (subject to hydrolysis) is 1. The maximum atomic E-state index is 12.9. The monoisotopic (exact) mass is 482 g/mol. The van der Waals surface area contributed by atoms with Gasteiger partial charge in [-0.3, -0.25) is 9.59 Å². The Kier molecular flexibility index (Phi) is 7.77. The zero-order valence-electron chi connectivity index (χ0n) is 19.0. The number of rotatable bonds is 10. The number of amides is 2. The maximum Gasteiger partial charge on any atom is 0.407 e. The third-order valence-electron chi connectivity index (χ3n) is 6.71. The fraction of sp³-hybridized carbons (Fsp3) is 0.423. The fourth-order valence-electron chi connectivity index (χ4n) is 5.01. The minimum atomic E-state index is -0.865. The Morgan fingerprint density at radius 1 is 0.971 bits per heavy atom. The van der Waals surface area contributed by atoms with E-state index in [9.17, 15) is 14.4 Å². The zero-order valence-corrected chi connectivity index (χ0v) is 19.9. The van der Waals surface area contributed by atoms with Gasteiger partial charge in [0.2, 0.25) is 5.91 Å². The summed E-state index contributed by atoms with van der Waals surface area (Å²) in [6.07, 6.45) is 2.79. The van der Waals surface area contributed by atoms with Crippen LogP contribution in [0.15, 0.2) is 48.5 Å². The molecular weight excluding hydrogens is 452 g/mol. The van der Waals surface area contributed by atoms with Crippen LogP contribution in [-0.4, -0.2) is 54.3 Å². The minimum absolute atomic E-state index is 0.00908. The molecule has 0 atom stereocenters. The molecule has 4 rings (SSSR count). The van der Waals surface area contributed by atoms with E-state index >= 15 is 0 Å². The molecule has 180 valence electrons. The summed E-state index contributed by atoms with van der Waals surface area (Å²) in [6.45, 7) is 0.876. The number of carbonyl (C=O) groups excluding carboxylic acids is 2. The van der Waals surface area contributed by atoms with Crippen LogP contribution in [0, 0.1) is 5.41 Å². The van der Waals surface area contributed by atoms with Crippen LogP contribution in [0.25, 0.3) is 11.1 Å². The number of ether oxygens (including phenoxy) is 1. The van der Waals surface area contributed by atoms with Gasteiger partial charge >= 0.3 is 12.1 Å². The molecule has 0 unspecified atom stereocenters. The molecule has 0 spiro atoms. The Hall–Kier alpha value is -3.00. The summed E-state index contributed by atoms with van der Waals surface area (Å²) in [7, 11) is 0. The van der Waals surface area contributed by atoms with E-state index in [4.69, 9.17) is 9.84 Å². The van der Waals surface area contributed by atoms with Crippen LogP contribution in [0.5, 0.6) is 0 Å². The van der Waals surface area contributed by atoms with Crippen molar-refractivity contribution in [2.75, 3.05) is 31.2 Å². The lowest BCUT2D eigenvalue weighted by Gasteiger charge is -2.28. The van der Waals surface area contributed by atoms with Gasteiger partial charge in [0.15, 0.2) is 0 Å². The summed E-state index contributed by atoms with van der Waals surface area (Å²) in [6, 6.07) is 16.4. The van der Waals surface area contributed by atoms with Gasteiger partial charge in [-0.1, -0.05) is 61.4 Å². The summed E-state index contributed by atoms with van der Waals surface area (Å²) in [5.74, 6) is -0.404. The highest BCUT2D eigenvalue weighted by molar-refractivity contribution is 7.99. The highest BCUT2D eigenvalue weighted by Crippen LogP contribution is 2.44. The van der Waals surface area contributed by atoms with Crippen molar-refractivity contribution in [2.24, 2.45) is 5.41 Å². The highest BCUT2D eigenvalue weighted by Gasteiger charge is 2.41. The Labute approximate surface area is 203 Å². The van der Waals surface area contributed by atoms with Crippen molar-refractivity contribution in [1.29, 1.82) is 0 Å². The number of hydrogen-bond acceptors (Lipinski definition) is 5. The second-order valence-corrected chi connectivity index (χ2v) is 9.97. The number of benzene rings is 2. The lowest BCUT2D eigenvalue weighted by molar-refractivity contribution is -0.134. The van der Waals surface area contributed by atoms with E-state index < -0.39 is 17.5 Å². The number of carboxylic acids is 1. The third kappa shape index (κ3) is 5.38. The Morgan fingerprint density at radius 3 is 2.21 bits per heavy atom. The lowest BCUT2D eigenvalue weighted by Crippen LogP contribution is -2.47. The van der Waals surface area contributed by atoms with Crippen LogP contribution in [0.3, 0.4) is 0 Å². The number of carbonyl (C=O) groups is 3. The number of hydrogen-bond donors (Lipinski definition) is 3. The van der Waals surface area contributed by atoms with Gasteiger partial charge in [-0.15, -0.1) is 11.8 Å². The number of aliphatic carboxylic acids is 1. The van der Waals surface area contributed by atoms with Crippen molar-refractivity contribution in [2.45, 2.75) is 31.6 Å². The van der Waals surface area contributed by atoms with E-state index in [-0.39, 0.29) is 30.7 Å². The van der Waals surface area contributed by atoms with Gasteiger partial charge in [0, 0.05) is 24.8 Å². The predicted molar refractivity (Wildman–Crippen MR) is 132 cm³/mol. The molecule has 2 aromatic rings. The first-order valence-electron chi connectivity index (χ1n) is 11.7. The summed E-state index contributed by atoms with van der Waals surface area (Å²) in [5, 5.41) is 14.5. The van der Waals surface area contributed by atoms with Gasteiger partial charge in [-0.05, 0) is 35.1 Å². The molecule has 2 aromatic carbocycles. The van der Waals surface area contributed by atoms with E-state index in [1.54, 1.807) is 0 Å². The number of carboxylic acid groups (broad SMARTS) is 1. The van der Waals surface area contributed by atoms with Gasteiger partial charge in [0.1, 0.15) is 6.61 Å². The average molecular weight is 483 g/mol. The molecule has 0 heterocycles. The highest BCUT2D eigenvalue weighted by atomic mass is 32.2. The van der Waals surface area contributed by atoms with Gasteiger partial charge in [-0.25, -0.2) is 4.79 Å². The molecule has 1 saturated carbocycles. The normalized spacial score (nSPS) is 15.9. The molecule has 34 heavy (non-hydrogen) atoms. The molecule has 0 aliphatic heterocycles. The topological polar surface area (TPSA) is 105 Å². The summed E-state index contributed by atoms with van der Waals surface area (Å²) in [5.41, 5.74) is 4.03. The number of nitrogens with one attached hydrogen (secondary N) is 2. The van der Waals surface area contributed by atoms with E-state index in [1.165, 1.54) is 22.9 Å². The maximum absolute atomic E-state index is 12.9. The second-order valence-electron chi connectivity index (χ2n) is 8.87. The van der Waals surface area contributed by atoms with Crippen molar-refractivity contribution in [3.8, 4) is 11.1 Å². The SMILES string of the molecule is O=C(O)CSCCNC(=O)C1(CNC(=O)OCC2c3ccccc3-c3ccccc32)CCCC1. The Balaban J connectivity index is 1.30. The van der Waals surface area contributed by atoms with Crippen LogP contribution >= 0.6 is 11.8 Å². The van der Waals surface area contributed by atoms with Gasteiger partial charge in [0.05, 0.1) is 11.2 Å². The summed E-state index contributed by atoms with van der Waals surface area (Å²) >= 11 is 1.27. The molecule has 2 aliphatic rings. The number of fused-ring (bicyclic) bond motifs is 3. The van der Waals surface area contributed by atoms with Crippen molar-refractivity contribution in [3.05, 3.63) is 59.7 Å². The largest absolute Gasteiger partial charge is 0.481 e. The molecule has 3 N–H and O–H groups in total. The summed E-state index contributed by atoms with van der Waals surface area (Å²) < 4.78 is 5.62. The number of thioether (sulfide) groups is 1. The van der Waals surface area contributed by atoms with Crippen molar-refractivity contribution in [1.82, 2.24) is 10.6 Å². The van der Waals surface area contributed by atoms with Crippen LogP contribution in [0.1, 0.15) is 42.7 Å². The summed E-state index contributed by atoms with van der Waals surface area (Å²) in [4.78, 5) is 36.1. The molecule has 2 aliphatic carbocycles. The van der Waals surface area contributed by atoms with Gasteiger partial charge in [0.25, 0.3) is 0 Å². The molecule has 0 bridgehead atoms. The van der Waals surface area contributed by atoms with Gasteiger partial charge < -0.3 is 20.5 Å². The standard InChI is InChI=1S/C26H30N2O5S/c29-23(30)16-34-14-13-27-24(31)26(11-5-6-12-26)17-28-25(32)33-15-22-20-9-3-1-7-18(20)19-8-2-4-10-21(19)22/h1-4,7-10,22H,5-6,11-17H2,(H,27,31)(H,28,32)(H,29,30). The molecule has 7 nitrogen and oxygen atoms in total. The van der Waals surface area contributed by atoms with E-state index in [0.717, 1.165) is 24.0 Å². The lowest BCUT2D eigenvalue weighted by atomic mass is 9.85. The van der Waals surface area contributed by atoms with Crippen LogP contribution in [0.4, 0.5) is 4.79 Å². The van der Waals surface area contributed by atoms with Crippen LogP contribution in [-0.2, 0) is 14.3 Å². The van der Waals surface area contributed by atoms with Gasteiger partial charge in [-0.2, -0.15) is 0 Å². The Bertz CT molecular complexity index is 1010. The van der Waals surface area contributed by atoms with Crippen molar-refractivity contribution >= 4 is 29.7 Å². The fourth-order valence-corrected chi connectivity index (χ4v) is 5.58. The first kappa shape index (κ1) is 24.1. The molecule has 1 fully saturated rings. The molecule has 0 saturated heterocycles. The van der Waals surface area contributed by atoms with Crippen LogP contribution in [0.2, 0.25) is 0 Å². The van der Waals surface area contributed by atoms with E-state index in [2.05, 4.69) is 34.9 Å². The second kappa shape index (κ2) is 11.0. The quantitative estimate of drug-likeness (QED) is 0.442. The average Bonchev–Trinajstić information content (AvgIpc) is 3.45. The third-order valence-corrected chi connectivity index (χ3v) is 7.66. The van der Waals surface area contributed by atoms with Crippen LogP contribution < -0.4 is 10.6 Å². The van der Waals surface area contributed by atoms with E-state index in [0.29, 0.717) is 25.1 Å². The van der Waals surface area contributed by atoms with E-state index in [1.807, 2.05) is 24.3 Å². The minimum Gasteiger partial charge on any atom is -0.481 e. The molecule has 2 amide bonds. The first-order chi connectivity index (χ1) is 16.5. The smallest absolute Gasteiger partial charge is 0.407 e. The van der Waals surface area contributed by atoms with Crippen molar-refractivity contribution < 1.29 is 24.2 Å².